The lowest BCUT2D eigenvalue weighted by Gasteiger charge is -2.38. The molecule has 0 saturated heterocycles. The van der Waals surface area contributed by atoms with Crippen molar-refractivity contribution in [2.24, 2.45) is 0 Å². The number of carbonyl (C=O) groups is 1. The highest BCUT2D eigenvalue weighted by molar-refractivity contribution is 8.22. The molecule has 0 unspecified atom stereocenters. The Kier molecular flexibility index (Phi) is 5.68. The predicted molar refractivity (Wildman–Crippen MR) is 134 cm³/mol. The number of carbonyl (C=O) groups excluding carboxylic acids is 1. The van der Waals surface area contributed by atoms with Gasteiger partial charge in [-0.3, -0.25) is 13.9 Å². The normalized spacial score (nSPS) is 16.5. The molecule has 0 atom stereocenters. The third kappa shape index (κ3) is 3.88. The van der Waals surface area contributed by atoms with Crippen LogP contribution in [0.2, 0.25) is 0 Å². The summed E-state index contributed by atoms with van der Waals surface area (Å²) in [5.74, 6) is 1.67. The smallest absolute Gasteiger partial charge is 0.231 e. The topological polar surface area (TPSA) is 79.2 Å². The second kappa shape index (κ2) is 8.43. The van der Waals surface area contributed by atoms with Crippen molar-refractivity contribution in [3.05, 3.63) is 77.4 Å². The third-order valence-corrected chi connectivity index (χ3v) is 8.92. The second-order valence-corrected chi connectivity index (χ2v) is 11.4. The fraction of sp³-hybridized carbons (Fsp3) is 0.296. The molecular formula is C27H29NO5S. The van der Waals surface area contributed by atoms with Crippen LogP contribution in [-0.4, -0.2) is 40.1 Å². The molecule has 2 N–H and O–H groups in total. The van der Waals surface area contributed by atoms with Gasteiger partial charge >= 0.3 is 0 Å². The molecule has 0 aromatic heterocycles. The van der Waals surface area contributed by atoms with Crippen molar-refractivity contribution in [2.45, 2.75) is 36.5 Å². The summed E-state index contributed by atoms with van der Waals surface area (Å²) in [4.78, 5) is 14.0. The Labute approximate surface area is 201 Å². The molecule has 178 valence electrons. The van der Waals surface area contributed by atoms with E-state index in [0.29, 0.717) is 17.1 Å². The van der Waals surface area contributed by atoms with Crippen molar-refractivity contribution in [3.63, 3.8) is 0 Å². The van der Waals surface area contributed by atoms with E-state index in [-0.39, 0.29) is 12.6 Å². The summed E-state index contributed by atoms with van der Waals surface area (Å²) in [5.41, 5.74) is 4.64. The maximum Gasteiger partial charge on any atom is 0.231 e. The van der Waals surface area contributed by atoms with Crippen LogP contribution in [0.25, 0.3) is 11.1 Å². The molecule has 0 amide bonds. The zero-order valence-electron chi connectivity index (χ0n) is 19.6. The predicted octanol–water partition coefficient (Wildman–Crippen LogP) is 5.82. The Morgan fingerprint density at radius 3 is 2.38 bits per heavy atom. The van der Waals surface area contributed by atoms with Gasteiger partial charge in [0.15, 0.2) is 11.5 Å². The number of benzene rings is 3. The van der Waals surface area contributed by atoms with Gasteiger partial charge in [0.25, 0.3) is 0 Å². The summed E-state index contributed by atoms with van der Waals surface area (Å²) in [6.07, 6.45) is 2.07. The summed E-state index contributed by atoms with van der Waals surface area (Å²) in [6, 6.07) is 19.2. The van der Waals surface area contributed by atoms with Crippen LogP contribution in [0.3, 0.4) is 0 Å². The Bertz CT molecular complexity index is 1250. The summed E-state index contributed by atoms with van der Waals surface area (Å²) >= 11 is 0. The molecule has 0 bridgehead atoms. The molecule has 2 aliphatic rings. The van der Waals surface area contributed by atoms with Gasteiger partial charge in [-0.2, -0.15) is 0 Å². The van der Waals surface area contributed by atoms with Gasteiger partial charge in [0.05, 0.1) is 10.3 Å². The van der Waals surface area contributed by atoms with Crippen LogP contribution in [0, 0.1) is 6.92 Å². The molecule has 1 aliphatic carbocycles. The molecule has 3 aromatic carbocycles. The number of ether oxygens (including phenoxy) is 2. The standard InChI is InChI=1S/C27H29NO5S/c1-18-20(5-4-6-23(18)19-7-10-22(11-8-19)34(30,31)28(2)3)15-26(29)27(13-14-27)21-9-12-24-25(16-21)33-17-32-24/h4-12,16,30-31H,13-15,17H2,1-3H3. The Hall–Kier alpha value is -2.84. The molecule has 0 radical (unpaired) electrons. The molecule has 1 heterocycles. The number of ketones is 1. The van der Waals surface area contributed by atoms with E-state index in [1.54, 1.807) is 26.2 Å². The van der Waals surface area contributed by atoms with Crippen molar-refractivity contribution in [2.75, 3.05) is 20.9 Å². The zero-order chi connectivity index (χ0) is 24.1. The molecule has 5 rings (SSSR count). The van der Waals surface area contributed by atoms with Gasteiger partial charge in [0.1, 0.15) is 5.78 Å². The minimum Gasteiger partial charge on any atom is -0.454 e. The van der Waals surface area contributed by atoms with Gasteiger partial charge in [-0.05, 0) is 71.8 Å². The SMILES string of the molecule is Cc1c(CC(=O)C2(c3ccc4c(c3)OCO4)CC2)cccc1-c1ccc(S(O)(O)N(C)C)cc1. The summed E-state index contributed by atoms with van der Waals surface area (Å²) in [7, 11) is 0.308. The van der Waals surface area contributed by atoms with Gasteiger partial charge in [0.2, 0.25) is 6.79 Å². The Morgan fingerprint density at radius 2 is 1.71 bits per heavy atom. The maximum absolute atomic E-state index is 13.5. The molecule has 34 heavy (non-hydrogen) atoms. The number of nitrogens with zero attached hydrogens (tertiary/aromatic N) is 1. The molecule has 1 saturated carbocycles. The molecule has 1 fully saturated rings. The van der Waals surface area contributed by atoms with Crippen LogP contribution in [0.15, 0.2) is 65.6 Å². The molecule has 1 aliphatic heterocycles. The minimum atomic E-state index is -2.98. The molecule has 3 aromatic rings. The first-order chi connectivity index (χ1) is 16.2. The number of fused-ring (bicyclic) bond motifs is 1. The Morgan fingerprint density at radius 1 is 1.00 bits per heavy atom. The highest BCUT2D eigenvalue weighted by Gasteiger charge is 2.50. The van der Waals surface area contributed by atoms with E-state index in [4.69, 9.17) is 9.47 Å². The maximum atomic E-state index is 13.5. The summed E-state index contributed by atoms with van der Waals surface area (Å²) < 4.78 is 33.1. The van der Waals surface area contributed by atoms with E-state index in [9.17, 15) is 13.9 Å². The molecular weight excluding hydrogens is 450 g/mol. The summed E-state index contributed by atoms with van der Waals surface area (Å²) in [6.45, 7) is 2.26. The van der Waals surface area contributed by atoms with Gasteiger partial charge in [-0.25, -0.2) is 4.31 Å². The van der Waals surface area contributed by atoms with Gasteiger partial charge < -0.3 is 9.47 Å². The zero-order valence-corrected chi connectivity index (χ0v) is 20.4. The van der Waals surface area contributed by atoms with Gasteiger partial charge in [-0.1, -0.05) is 36.4 Å². The van der Waals surface area contributed by atoms with Crippen LogP contribution in [0.1, 0.15) is 29.5 Å². The van der Waals surface area contributed by atoms with Gasteiger partial charge in [0, 0.05) is 20.5 Å². The average Bonchev–Trinajstić information content (AvgIpc) is 3.51. The largest absolute Gasteiger partial charge is 0.454 e. The highest BCUT2D eigenvalue weighted by atomic mass is 32.3. The first-order valence-corrected chi connectivity index (χ1v) is 12.8. The van der Waals surface area contributed by atoms with E-state index >= 15 is 0 Å². The first-order valence-electron chi connectivity index (χ1n) is 11.3. The van der Waals surface area contributed by atoms with Crippen molar-refractivity contribution in [1.82, 2.24) is 4.31 Å². The van der Waals surface area contributed by atoms with Crippen molar-refractivity contribution in [3.8, 4) is 22.6 Å². The lowest BCUT2D eigenvalue weighted by Crippen LogP contribution is -2.23. The van der Waals surface area contributed by atoms with Crippen LogP contribution < -0.4 is 9.47 Å². The van der Waals surface area contributed by atoms with E-state index in [1.807, 2.05) is 55.5 Å². The first kappa shape index (κ1) is 22.9. The van der Waals surface area contributed by atoms with Gasteiger partial charge in [-0.15, -0.1) is 10.8 Å². The molecule has 7 heteroatoms. The van der Waals surface area contributed by atoms with E-state index < -0.39 is 16.2 Å². The lowest BCUT2D eigenvalue weighted by atomic mass is 9.86. The summed E-state index contributed by atoms with van der Waals surface area (Å²) in [5, 5.41) is 0. The highest BCUT2D eigenvalue weighted by Crippen LogP contribution is 2.52. The van der Waals surface area contributed by atoms with Crippen LogP contribution in [0.5, 0.6) is 11.5 Å². The number of Topliss-reactive ketones (excluding diaryl/α,β-unsaturated/α-hetero) is 1. The van der Waals surface area contributed by atoms with Crippen molar-refractivity contribution < 1.29 is 23.4 Å². The molecule has 0 spiro atoms. The number of hydrogen-bond donors (Lipinski definition) is 2. The quantitative estimate of drug-likeness (QED) is 0.445. The van der Waals surface area contributed by atoms with E-state index in [1.165, 1.54) is 4.31 Å². The fourth-order valence-corrected chi connectivity index (χ4v) is 5.53. The number of hydrogen-bond acceptors (Lipinski definition) is 6. The van der Waals surface area contributed by atoms with Crippen LogP contribution >= 0.6 is 10.8 Å². The monoisotopic (exact) mass is 479 g/mol. The number of rotatable bonds is 7. The lowest BCUT2D eigenvalue weighted by molar-refractivity contribution is -0.120. The van der Waals surface area contributed by atoms with E-state index in [2.05, 4.69) is 0 Å². The second-order valence-electron chi connectivity index (χ2n) is 9.20. The Balaban J connectivity index is 1.39. The van der Waals surface area contributed by atoms with Crippen molar-refractivity contribution in [1.29, 1.82) is 0 Å². The van der Waals surface area contributed by atoms with Crippen molar-refractivity contribution >= 4 is 16.6 Å². The third-order valence-electron chi connectivity index (χ3n) is 7.00. The molecule has 6 nitrogen and oxygen atoms in total. The minimum absolute atomic E-state index is 0.223. The van der Waals surface area contributed by atoms with Crippen LogP contribution in [-0.2, 0) is 16.6 Å². The van der Waals surface area contributed by atoms with Crippen LogP contribution in [0.4, 0.5) is 0 Å². The average molecular weight is 480 g/mol. The van der Waals surface area contributed by atoms with E-state index in [0.717, 1.165) is 46.4 Å². The fourth-order valence-electron chi connectivity index (χ4n) is 4.61.